The third kappa shape index (κ3) is 3.15. The maximum atomic E-state index is 11.5. The quantitative estimate of drug-likeness (QED) is 0.713. The molecular formula is C9H17NOS. The Balaban J connectivity index is 2.30. The van der Waals surface area contributed by atoms with Gasteiger partial charge in [-0.1, -0.05) is 25.6 Å². The summed E-state index contributed by atoms with van der Waals surface area (Å²) in [4.78, 5) is 11.5. The number of carbonyl (C=O) groups excluding carboxylic acids is 1. The van der Waals surface area contributed by atoms with E-state index in [-0.39, 0.29) is 0 Å². The average molecular weight is 187 g/mol. The van der Waals surface area contributed by atoms with E-state index in [1.165, 1.54) is 11.8 Å². The topological polar surface area (TPSA) is 29.1 Å². The molecule has 0 amide bonds. The molecule has 0 radical (unpaired) electrons. The van der Waals surface area contributed by atoms with Crippen molar-refractivity contribution in [3.05, 3.63) is 0 Å². The second-order valence-corrected chi connectivity index (χ2v) is 5.09. The Kier molecular flexibility index (Phi) is 4.09. The zero-order chi connectivity index (χ0) is 8.97. The van der Waals surface area contributed by atoms with Gasteiger partial charge in [-0.25, -0.2) is 0 Å². The molecule has 12 heavy (non-hydrogen) atoms. The Morgan fingerprint density at radius 1 is 1.42 bits per heavy atom. The van der Waals surface area contributed by atoms with E-state index in [1.807, 2.05) is 0 Å². The second-order valence-electron chi connectivity index (χ2n) is 3.51. The number of thioether (sulfide) groups is 1. The molecule has 0 saturated carbocycles. The van der Waals surface area contributed by atoms with E-state index in [1.54, 1.807) is 0 Å². The van der Waals surface area contributed by atoms with Crippen LogP contribution in [0.5, 0.6) is 0 Å². The van der Waals surface area contributed by atoms with Gasteiger partial charge in [0.1, 0.15) is 0 Å². The molecule has 1 aliphatic heterocycles. The monoisotopic (exact) mass is 187 g/mol. The zero-order valence-electron chi connectivity index (χ0n) is 7.80. The fourth-order valence-corrected chi connectivity index (χ4v) is 2.28. The van der Waals surface area contributed by atoms with Crippen LogP contribution in [0.3, 0.4) is 0 Å². The van der Waals surface area contributed by atoms with Crippen molar-refractivity contribution >= 4 is 16.9 Å². The lowest BCUT2D eigenvalue weighted by Crippen LogP contribution is -2.31. The van der Waals surface area contributed by atoms with Gasteiger partial charge in [0.2, 0.25) is 0 Å². The summed E-state index contributed by atoms with van der Waals surface area (Å²) in [6.45, 7) is 6.16. The van der Waals surface area contributed by atoms with Gasteiger partial charge < -0.3 is 5.32 Å². The largest absolute Gasteiger partial charge is 0.317 e. The van der Waals surface area contributed by atoms with Gasteiger partial charge in [0.05, 0.1) is 0 Å². The Morgan fingerprint density at radius 2 is 2.00 bits per heavy atom. The molecule has 1 heterocycles. The van der Waals surface area contributed by atoms with Crippen LogP contribution in [-0.4, -0.2) is 23.5 Å². The van der Waals surface area contributed by atoms with Crippen molar-refractivity contribution < 1.29 is 4.79 Å². The first-order valence-electron chi connectivity index (χ1n) is 4.61. The van der Waals surface area contributed by atoms with Crippen molar-refractivity contribution in [3.63, 3.8) is 0 Å². The molecule has 0 spiro atoms. The summed E-state index contributed by atoms with van der Waals surface area (Å²) in [5.41, 5.74) is 0. The van der Waals surface area contributed by atoms with Gasteiger partial charge in [0.25, 0.3) is 0 Å². The third-order valence-corrected chi connectivity index (χ3v) is 3.06. The molecule has 3 heteroatoms. The molecule has 1 saturated heterocycles. The Hall–Kier alpha value is -0.0200. The second kappa shape index (κ2) is 4.87. The first-order chi connectivity index (χ1) is 5.70. The zero-order valence-corrected chi connectivity index (χ0v) is 8.62. The molecule has 0 atom stereocenters. The fraction of sp³-hybridized carbons (Fsp3) is 0.889. The SMILES string of the molecule is CC(C)SC(=O)C1CCNCC1. The molecule has 2 nitrogen and oxygen atoms in total. The van der Waals surface area contributed by atoms with Crippen LogP contribution >= 0.6 is 11.8 Å². The Bertz CT molecular complexity index is 153. The van der Waals surface area contributed by atoms with E-state index in [0.29, 0.717) is 16.3 Å². The summed E-state index contributed by atoms with van der Waals surface area (Å²) >= 11 is 1.49. The lowest BCUT2D eigenvalue weighted by Gasteiger charge is -2.21. The summed E-state index contributed by atoms with van der Waals surface area (Å²) < 4.78 is 0. The Morgan fingerprint density at radius 3 is 2.50 bits per heavy atom. The molecule has 0 bridgehead atoms. The van der Waals surface area contributed by atoms with Crippen LogP contribution in [0.4, 0.5) is 0 Å². The minimum atomic E-state index is 0.318. The van der Waals surface area contributed by atoms with Crippen LogP contribution in [0, 0.1) is 5.92 Å². The molecule has 0 aromatic rings. The van der Waals surface area contributed by atoms with Gasteiger partial charge in [0, 0.05) is 11.2 Å². The number of carbonyl (C=O) groups is 1. The number of rotatable bonds is 2. The fourth-order valence-electron chi connectivity index (χ4n) is 1.39. The van der Waals surface area contributed by atoms with Crippen LogP contribution in [0.1, 0.15) is 26.7 Å². The molecule has 70 valence electrons. The van der Waals surface area contributed by atoms with Gasteiger partial charge >= 0.3 is 0 Å². The van der Waals surface area contributed by atoms with Crippen molar-refractivity contribution in [1.82, 2.24) is 5.32 Å². The summed E-state index contributed by atoms with van der Waals surface area (Å²) in [6, 6.07) is 0. The lowest BCUT2D eigenvalue weighted by molar-refractivity contribution is -0.115. The molecular weight excluding hydrogens is 170 g/mol. The normalized spacial score (nSPS) is 19.9. The van der Waals surface area contributed by atoms with Gasteiger partial charge in [-0.05, 0) is 25.9 Å². The van der Waals surface area contributed by atoms with Gasteiger partial charge in [0.15, 0.2) is 5.12 Å². The van der Waals surface area contributed by atoms with Gasteiger partial charge in [-0.15, -0.1) is 0 Å². The van der Waals surface area contributed by atoms with Gasteiger partial charge in [-0.2, -0.15) is 0 Å². The van der Waals surface area contributed by atoms with Crippen molar-refractivity contribution in [3.8, 4) is 0 Å². The molecule has 0 aromatic carbocycles. The van der Waals surface area contributed by atoms with Crippen molar-refractivity contribution in [2.45, 2.75) is 31.9 Å². The predicted octanol–water partition coefficient (Wildman–Crippen LogP) is 1.65. The van der Waals surface area contributed by atoms with Crippen LogP contribution in [0.2, 0.25) is 0 Å². The maximum Gasteiger partial charge on any atom is 0.192 e. The van der Waals surface area contributed by atoms with E-state index >= 15 is 0 Å². The van der Waals surface area contributed by atoms with Crippen molar-refractivity contribution in [2.75, 3.05) is 13.1 Å². The van der Waals surface area contributed by atoms with E-state index in [0.717, 1.165) is 25.9 Å². The Labute approximate surface area is 78.5 Å². The van der Waals surface area contributed by atoms with E-state index < -0.39 is 0 Å². The highest BCUT2D eigenvalue weighted by atomic mass is 32.2. The number of piperidine rings is 1. The number of hydrogen-bond acceptors (Lipinski definition) is 3. The standard InChI is InChI=1S/C9H17NOS/c1-7(2)12-9(11)8-3-5-10-6-4-8/h7-8,10H,3-6H2,1-2H3. The van der Waals surface area contributed by atoms with E-state index in [2.05, 4.69) is 19.2 Å². The highest BCUT2D eigenvalue weighted by Crippen LogP contribution is 2.22. The summed E-state index contributed by atoms with van der Waals surface area (Å²) in [6.07, 6.45) is 2.05. The van der Waals surface area contributed by atoms with Crippen molar-refractivity contribution in [2.24, 2.45) is 5.92 Å². The molecule has 0 unspecified atom stereocenters. The van der Waals surface area contributed by atoms with E-state index in [4.69, 9.17) is 0 Å². The number of hydrogen-bond donors (Lipinski definition) is 1. The van der Waals surface area contributed by atoms with Crippen molar-refractivity contribution in [1.29, 1.82) is 0 Å². The van der Waals surface area contributed by atoms with Crippen LogP contribution in [-0.2, 0) is 4.79 Å². The first-order valence-corrected chi connectivity index (χ1v) is 5.49. The number of nitrogens with one attached hydrogen (secondary N) is 1. The summed E-state index contributed by atoms with van der Waals surface area (Å²) in [5.74, 6) is 0.318. The third-order valence-electron chi connectivity index (χ3n) is 2.02. The minimum absolute atomic E-state index is 0.318. The first kappa shape index (κ1) is 10.1. The van der Waals surface area contributed by atoms with Gasteiger partial charge in [-0.3, -0.25) is 4.79 Å². The predicted molar refractivity (Wildman–Crippen MR) is 53.3 cm³/mol. The highest BCUT2D eigenvalue weighted by Gasteiger charge is 2.21. The van der Waals surface area contributed by atoms with Crippen LogP contribution < -0.4 is 5.32 Å². The summed E-state index contributed by atoms with van der Waals surface area (Å²) in [5, 5.41) is 4.09. The molecule has 0 aromatic heterocycles. The molecule has 1 aliphatic rings. The molecule has 0 aliphatic carbocycles. The highest BCUT2D eigenvalue weighted by molar-refractivity contribution is 8.14. The molecule has 1 fully saturated rings. The molecule has 1 N–H and O–H groups in total. The lowest BCUT2D eigenvalue weighted by atomic mass is 10.0. The maximum absolute atomic E-state index is 11.5. The van der Waals surface area contributed by atoms with Crippen LogP contribution in [0.25, 0.3) is 0 Å². The average Bonchev–Trinajstić information content (AvgIpc) is 2.05. The minimum Gasteiger partial charge on any atom is -0.317 e. The smallest absolute Gasteiger partial charge is 0.192 e. The van der Waals surface area contributed by atoms with Crippen LogP contribution in [0.15, 0.2) is 0 Å². The molecule has 1 rings (SSSR count). The summed E-state index contributed by atoms with van der Waals surface area (Å²) in [7, 11) is 0. The van der Waals surface area contributed by atoms with E-state index in [9.17, 15) is 4.79 Å².